The summed E-state index contributed by atoms with van der Waals surface area (Å²) in [4.78, 5) is 14.1. The van der Waals surface area contributed by atoms with Gasteiger partial charge in [0.1, 0.15) is 0 Å². The first kappa shape index (κ1) is 12.9. The lowest BCUT2D eigenvalue weighted by atomic mass is 9.86. The van der Waals surface area contributed by atoms with E-state index in [4.69, 9.17) is 0 Å². The standard InChI is InChI=1S/C14H25NO2/c1-14(17)7-9-15(10-8-14)13(16)11-12-5-3-2-4-6-12/h12,17H,2-11H2,1H3. The van der Waals surface area contributed by atoms with Gasteiger partial charge < -0.3 is 10.0 Å². The molecule has 0 aromatic heterocycles. The molecule has 1 heterocycles. The third-order valence-electron chi connectivity index (χ3n) is 4.38. The Kier molecular flexibility index (Phi) is 4.08. The molecule has 0 unspecified atom stereocenters. The molecule has 1 aliphatic carbocycles. The van der Waals surface area contributed by atoms with Crippen LogP contribution in [0.4, 0.5) is 0 Å². The van der Waals surface area contributed by atoms with Crippen LogP contribution >= 0.6 is 0 Å². The van der Waals surface area contributed by atoms with Crippen molar-refractivity contribution in [1.82, 2.24) is 4.90 Å². The van der Waals surface area contributed by atoms with Gasteiger partial charge in [-0.25, -0.2) is 0 Å². The largest absolute Gasteiger partial charge is 0.390 e. The Balaban J connectivity index is 1.76. The van der Waals surface area contributed by atoms with Crippen LogP contribution in [-0.2, 0) is 4.79 Å². The van der Waals surface area contributed by atoms with Crippen LogP contribution < -0.4 is 0 Å². The van der Waals surface area contributed by atoms with Crippen molar-refractivity contribution in [2.45, 2.75) is 63.9 Å². The molecule has 0 aromatic rings. The summed E-state index contributed by atoms with van der Waals surface area (Å²) in [6.45, 7) is 3.34. The third-order valence-corrected chi connectivity index (χ3v) is 4.38. The molecule has 1 N–H and O–H groups in total. The van der Waals surface area contributed by atoms with E-state index >= 15 is 0 Å². The fourth-order valence-electron chi connectivity index (χ4n) is 3.01. The van der Waals surface area contributed by atoms with Gasteiger partial charge in [-0.1, -0.05) is 19.3 Å². The summed E-state index contributed by atoms with van der Waals surface area (Å²) in [7, 11) is 0. The molecule has 2 rings (SSSR count). The van der Waals surface area contributed by atoms with E-state index < -0.39 is 5.60 Å². The van der Waals surface area contributed by atoms with E-state index in [1.807, 2.05) is 11.8 Å². The van der Waals surface area contributed by atoms with Gasteiger partial charge in [-0.3, -0.25) is 4.79 Å². The number of carbonyl (C=O) groups excluding carboxylic acids is 1. The average Bonchev–Trinajstić information content (AvgIpc) is 2.30. The Morgan fingerprint density at radius 2 is 1.82 bits per heavy atom. The molecule has 17 heavy (non-hydrogen) atoms. The van der Waals surface area contributed by atoms with Crippen LogP contribution in [0.15, 0.2) is 0 Å². The molecule has 1 amide bonds. The average molecular weight is 239 g/mol. The van der Waals surface area contributed by atoms with Crippen LogP contribution in [0.3, 0.4) is 0 Å². The smallest absolute Gasteiger partial charge is 0.222 e. The van der Waals surface area contributed by atoms with Crippen molar-refractivity contribution >= 4 is 5.91 Å². The number of nitrogens with zero attached hydrogens (tertiary/aromatic N) is 1. The minimum Gasteiger partial charge on any atom is -0.390 e. The van der Waals surface area contributed by atoms with Crippen molar-refractivity contribution in [3.8, 4) is 0 Å². The lowest BCUT2D eigenvalue weighted by Gasteiger charge is -2.36. The maximum absolute atomic E-state index is 12.1. The van der Waals surface area contributed by atoms with Gasteiger partial charge >= 0.3 is 0 Å². The van der Waals surface area contributed by atoms with E-state index in [1.165, 1.54) is 32.1 Å². The number of carbonyl (C=O) groups is 1. The van der Waals surface area contributed by atoms with Crippen molar-refractivity contribution in [3.05, 3.63) is 0 Å². The van der Waals surface area contributed by atoms with Crippen LogP contribution in [0.2, 0.25) is 0 Å². The normalized spacial score (nSPS) is 25.9. The maximum Gasteiger partial charge on any atom is 0.222 e. The van der Waals surface area contributed by atoms with E-state index in [2.05, 4.69) is 0 Å². The summed E-state index contributed by atoms with van der Waals surface area (Å²) < 4.78 is 0. The van der Waals surface area contributed by atoms with Crippen LogP contribution in [-0.4, -0.2) is 34.6 Å². The first-order chi connectivity index (χ1) is 8.07. The van der Waals surface area contributed by atoms with E-state index in [9.17, 15) is 9.90 Å². The van der Waals surface area contributed by atoms with Crippen molar-refractivity contribution in [3.63, 3.8) is 0 Å². The zero-order valence-electron chi connectivity index (χ0n) is 11.0. The van der Waals surface area contributed by atoms with Gasteiger partial charge in [0.2, 0.25) is 5.91 Å². The van der Waals surface area contributed by atoms with Crippen LogP contribution in [0.25, 0.3) is 0 Å². The Morgan fingerprint density at radius 3 is 2.41 bits per heavy atom. The second-order valence-electron chi connectivity index (χ2n) is 6.09. The fraction of sp³-hybridized carbons (Fsp3) is 0.929. The molecule has 1 aliphatic heterocycles. The van der Waals surface area contributed by atoms with Gasteiger partial charge in [-0.2, -0.15) is 0 Å². The highest BCUT2D eigenvalue weighted by molar-refractivity contribution is 5.76. The highest BCUT2D eigenvalue weighted by Gasteiger charge is 2.30. The second kappa shape index (κ2) is 5.38. The molecule has 0 bridgehead atoms. The number of amides is 1. The number of likely N-dealkylation sites (tertiary alicyclic amines) is 1. The summed E-state index contributed by atoms with van der Waals surface area (Å²) in [6.07, 6.45) is 8.60. The Hall–Kier alpha value is -0.570. The molecule has 0 aromatic carbocycles. The number of rotatable bonds is 2. The minimum atomic E-state index is -0.554. The maximum atomic E-state index is 12.1. The second-order valence-corrected chi connectivity index (χ2v) is 6.09. The number of piperidine rings is 1. The van der Waals surface area contributed by atoms with E-state index in [0.29, 0.717) is 11.8 Å². The van der Waals surface area contributed by atoms with E-state index in [-0.39, 0.29) is 0 Å². The Labute approximate surface area is 104 Å². The molecule has 3 heteroatoms. The summed E-state index contributed by atoms with van der Waals surface area (Å²) in [5.41, 5.74) is -0.554. The van der Waals surface area contributed by atoms with Crippen LogP contribution in [0.1, 0.15) is 58.3 Å². The predicted octanol–water partition coefficient (Wildman–Crippen LogP) is 2.33. The highest BCUT2D eigenvalue weighted by Crippen LogP contribution is 2.28. The first-order valence-corrected chi connectivity index (χ1v) is 7.07. The molecular weight excluding hydrogens is 214 g/mol. The molecule has 0 atom stereocenters. The van der Waals surface area contributed by atoms with Crippen molar-refractivity contribution in [1.29, 1.82) is 0 Å². The van der Waals surface area contributed by atoms with Gasteiger partial charge in [0.25, 0.3) is 0 Å². The SMILES string of the molecule is CC1(O)CCN(C(=O)CC2CCCCC2)CC1. The summed E-state index contributed by atoms with van der Waals surface area (Å²) in [5, 5.41) is 9.86. The number of aliphatic hydroxyl groups is 1. The molecular formula is C14H25NO2. The van der Waals surface area contributed by atoms with E-state index in [1.54, 1.807) is 0 Å². The topological polar surface area (TPSA) is 40.5 Å². The summed E-state index contributed by atoms with van der Waals surface area (Å²) in [5.74, 6) is 0.936. The molecule has 98 valence electrons. The van der Waals surface area contributed by atoms with Crippen molar-refractivity contribution in [2.75, 3.05) is 13.1 Å². The number of hydrogen-bond acceptors (Lipinski definition) is 2. The Morgan fingerprint density at radius 1 is 1.24 bits per heavy atom. The lowest BCUT2D eigenvalue weighted by molar-refractivity contribution is -0.136. The summed E-state index contributed by atoms with van der Waals surface area (Å²) in [6, 6.07) is 0. The molecule has 1 saturated heterocycles. The molecule has 3 nitrogen and oxygen atoms in total. The monoisotopic (exact) mass is 239 g/mol. The minimum absolute atomic E-state index is 0.312. The van der Waals surface area contributed by atoms with Gasteiger partial charge in [-0.15, -0.1) is 0 Å². The zero-order valence-corrected chi connectivity index (χ0v) is 11.0. The molecule has 2 fully saturated rings. The summed E-state index contributed by atoms with van der Waals surface area (Å²) >= 11 is 0. The van der Waals surface area contributed by atoms with Crippen molar-refractivity contribution < 1.29 is 9.90 Å². The lowest BCUT2D eigenvalue weighted by Crippen LogP contribution is -2.45. The van der Waals surface area contributed by atoms with Gasteiger partial charge in [0.15, 0.2) is 0 Å². The quantitative estimate of drug-likeness (QED) is 0.803. The fourth-order valence-corrected chi connectivity index (χ4v) is 3.01. The van der Waals surface area contributed by atoms with Crippen LogP contribution in [0, 0.1) is 5.92 Å². The van der Waals surface area contributed by atoms with Gasteiger partial charge in [0.05, 0.1) is 5.60 Å². The predicted molar refractivity (Wildman–Crippen MR) is 67.6 cm³/mol. The zero-order chi connectivity index (χ0) is 12.3. The highest BCUT2D eigenvalue weighted by atomic mass is 16.3. The molecule has 2 aliphatic rings. The van der Waals surface area contributed by atoms with Crippen LogP contribution in [0.5, 0.6) is 0 Å². The molecule has 1 saturated carbocycles. The third kappa shape index (κ3) is 3.70. The Bertz CT molecular complexity index is 259. The molecule has 0 radical (unpaired) electrons. The van der Waals surface area contributed by atoms with E-state index in [0.717, 1.165) is 32.4 Å². The van der Waals surface area contributed by atoms with Gasteiger partial charge in [-0.05, 0) is 38.5 Å². The first-order valence-electron chi connectivity index (χ1n) is 7.07. The number of hydrogen-bond donors (Lipinski definition) is 1. The van der Waals surface area contributed by atoms with Gasteiger partial charge in [0, 0.05) is 19.5 Å². The van der Waals surface area contributed by atoms with Crippen molar-refractivity contribution in [2.24, 2.45) is 5.92 Å². The molecule has 0 spiro atoms.